The van der Waals surface area contributed by atoms with E-state index in [-0.39, 0.29) is 0 Å². The third kappa shape index (κ3) is 1.83. The molecule has 1 aromatic rings. The number of thiazole rings is 1. The van der Waals surface area contributed by atoms with Crippen molar-refractivity contribution in [3.05, 3.63) is 15.6 Å². The number of rotatable bonds is 2. The average molecular weight is 240 g/mol. The summed E-state index contributed by atoms with van der Waals surface area (Å²) in [6.45, 7) is 4.50. The molecule has 4 heteroatoms. The number of nitrogens with one attached hydrogen (secondary N) is 1. The first-order valence-electron chi connectivity index (χ1n) is 5.64. The van der Waals surface area contributed by atoms with Crippen LogP contribution in [0.15, 0.2) is 0 Å². The van der Waals surface area contributed by atoms with Crippen LogP contribution in [0, 0.1) is 6.92 Å². The van der Waals surface area contributed by atoms with Crippen molar-refractivity contribution >= 4 is 23.1 Å². The number of aryl methyl sites for hydroxylation is 1. The van der Waals surface area contributed by atoms with Gasteiger partial charge in [0, 0.05) is 29.1 Å². The lowest BCUT2D eigenvalue weighted by Crippen LogP contribution is -2.39. The Morgan fingerprint density at radius 1 is 1.40 bits per heavy atom. The Labute approximate surface area is 98.9 Å². The minimum Gasteiger partial charge on any atom is -0.315 e. The fourth-order valence-electron chi connectivity index (χ4n) is 2.16. The van der Waals surface area contributed by atoms with Gasteiger partial charge in [-0.1, -0.05) is 0 Å². The Bertz CT molecular complexity index is 351. The number of aromatic nitrogens is 1. The summed E-state index contributed by atoms with van der Waals surface area (Å²) in [5.41, 5.74) is 1.39. The van der Waals surface area contributed by atoms with Crippen LogP contribution < -0.4 is 5.32 Å². The lowest BCUT2D eigenvalue weighted by atomic mass is 10.1. The van der Waals surface area contributed by atoms with Crippen molar-refractivity contribution in [2.45, 2.75) is 30.9 Å². The second-order valence-electron chi connectivity index (χ2n) is 4.35. The van der Waals surface area contributed by atoms with Crippen LogP contribution in [0.3, 0.4) is 0 Å². The highest BCUT2D eigenvalue weighted by Gasteiger charge is 2.27. The standard InChI is InChI=1S/C11H16N2S2/c1-7-10(9-3-2-4-14-9)13-11(15-7)8-5-12-6-8/h8-9,12H,2-6H2,1H3. The molecule has 0 radical (unpaired) electrons. The minimum atomic E-state index is 0.697. The molecule has 0 aromatic carbocycles. The van der Waals surface area contributed by atoms with Gasteiger partial charge in [0.15, 0.2) is 0 Å². The van der Waals surface area contributed by atoms with E-state index in [9.17, 15) is 0 Å². The molecule has 1 N–H and O–H groups in total. The van der Waals surface area contributed by atoms with Crippen LogP contribution in [-0.4, -0.2) is 23.8 Å². The van der Waals surface area contributed by atoms with Crippen molar-refractivity contribution in [2.24, 2.45) is 0 Å². The van der Waals surface area contributed by atoms with Gasteiger partial charge in [-0.3, -0.25) is 0 Å². The molecule has 0 bridgehead atoms. The lowest BCUT2D eigenvalue weighted by Gasteiger charge is -2.24. The Morgan fingerprint density at radius 2 is 2.27 bits per heavy atom. The van der Waals surface area contributed by atoms with Gasteiger partial charge in [0.25, 0.3) is 0 Å². The van der Waals surface area contributed by atoms with E-state index in [1.54, 1.807) is 0 Å². The molecule has 15 heavy (non-hydrogen) atoms. The number of hydrogen-bond donors (Lipinski definition) is 1. The Morgan fingerprint density at radius 3 is 2.87 bits per heavy atom. The van der Waals surface area contributed by atoms with Gasteiger partial charge in [0.1, 0.15) is 0 Å². The maximum absolute atomic E-state index is 4.87. The molecule has 0 amide bonds. The predicted molar refractivity (Wildman–Crippen MR) is 66.9 cm³/mol. The maximum Gasteiger partial charge on any atom is 0.0987 e. The molecular formula is C11H16N2S2. The van der Waals surface area contributed by atoms with E-state index < -0.39 is 0 Å². The molecule has 2 aliphatic rings. The summed E-state index contributed by atoms with van der Waals surface area (Å²) in [5.74, 6) is 2.02. The van der Waals surface area contributed by atoms with Crippen molar-refractivity contribution in [3.63, 3.8) is 0 Å². The van der Waals surface area contributed by atoms with E-state index >= 15 is 0 Å². The predicted octanol–water partition coefficient (Wildman–Crippen LogP) is 2.71. The van der Waals surface area contributed by atoms with Crippen molar-refractivity contribution in [3.8, 4) is 0 Å². The molecule has 0 saturated carbocycles. The van der Waals surface area contributed by atoms with Crippen LogP contribution >= 0.6 is 23.1 Å². The zero-order chi connectivity index (χ0) is 10.3. The molecule has 1 unspecified atom stereocenters. The van der Waals surface area contributed by atoms with E-state index in [1.807, 2.05) is 11.3 Å². The first-order chi connectivity index (χ1) is 7.34. The third-order valence-electron chi connectivity index (χ3n) is 3.21. The molecule has 2 nitrogen and oxygen atoms in total. The van der Waals surface area contributed by atoms with E-state index in [2.05, 4.69) is 24.0 Å². The van der Waals surface area contributed by atoms with Gasteiger partial charge in [0.05, 0.1) is 10.7 Å². The highest BCUT2D eigenvalue weighted by atomic mass is 32.2. The molecule has 2 aliphatic heterocycles. The second kappa shape index (κ2) is 4.07. The summed E-state index contributed by atoms with van der Waals surface area (Å²) in [7, 11) is 0. The summed E-state index contributed by atoms with van der Waals surface area (Å²) >= 11 is 4.01. The quantitative estimate of drug-likeness (QED) is 0.860. The maximum atomic E-state index is 4.87. The average Bonchev–Trinajstić information content (AvgIpc) is 2.70. The van der Waals surface area contributed by atoms with Crippen molar-refractivity contribution in [1.29, 1.82) is 0 Å². The van der Waals surface area contributed by atoms with Crippen molar-refractivity contribution < 1.29 is 0 Å². The molecule has 0 aliphatic carbocycles. The summed E-state index contributed by atoms with van der Waals surface area (Å²) in [4.78, 5) is 6.33. The van der Waals surface area contributed by atoms with Crippen molar-refractivity contribution in [2.75, 3.05) is 18.8 Å². The van der Waals surface area contributed by atoms with Gasteiger partial charge in [-0.15, -0.1) is 11.3 Å². The van der Waals surface area contributed by atoms with Gasteiger partial charge in [0.2, 0.25) is 0 Å². The van der Waals surface area contributed by atoms with Gasteiger partial charge >= 0.3 is 0 Å². The molecule has 3 heterocycles. The monoisotopic (exact) mass is 240 g/mol. The lowest BCUT2D eigenvalue weighted by molar-refractivity contribution is 0.446. The van der Waals surface area contributed by atoms with E-state index in [0.29, 0.717) is 11.2 Å². The molecule has 1 aromatic heterocycles. The fraction of sp³-hybridized carbons (Fsp3) is 0.727. The summed E-state index contributed by atoms with van der Waals surface area (Å²) in [6, 6.07) is 0. The molecule has 3 rings (SSSR count). The number of hydrogen-bond acceptors (Lipinski definition) is 4. The molecular weight excluding hydrogens is 224 g/mol. The van der Waals surface area contributed by atoms with Crippen LogP contribution in [0.25, 0.3) is 0 Å². The van der Waals surface area contributed by atoms with E-state index in [1.165, 1.54) is 34.2 Å². The smallest absolute Gasteiger partial charge is 0.0987 e. The normalized spacial score (nSPS) is 26.9. The Hall–Kier alpha value is -0.0600. The van der Waals surface area contributed by atoms with Crippen LogP contribution in [0.2, 0.25) is 0 Å². The first-order valence-corrected chi connectivity index (χ1v) is 7.50. The number of thioether (sulfide) groups is 1. The van der Waals surface area contributed by atoms with Gasteiger partial charge in [-0.2, -0.15) is 11.8 Å². The SMILES string of the molecule is Cc1sc(C2CNC2)nc1C1CCCS1. The Balaban J connectivity index is 1.84. The zero-order valence-corrected chi connectivity index (χ0v) is 10.6. The minimum absolute atomic E-state index is 0.697. The molecule has 82 valence electrons. The van der Waals surface area contributed by atoms with E-state index in [0.717, 1.165) is 13.1 Å². The number of nitrogens with zero attached hydrogens (tertiary/aromatic N) is 1. The zero-order valence-electron chi connectivity index (χ0n) is 8.95. The summed E-state index contributed by atoms with van der Waals surface area (Å²) < 4.78 is 0. The fourth-order valence-corrected chi connectivity index (χ4v) is 4.66. The molecule has 2 fully saturated rings. The first kappa shape index (κ1) is 10.1. The van der Waals surface area contributed by atoms with Crippen LogP contribution in [0.5, 0.6) is 0 Å². The van der Waals surface area contributed by atoms with Crippen LogP contribution in [0.1, 0.15) is 39.6 Å². The van der Waals surface area contributed by atoms with Crippen LogP contribution in [0.4, 0.5) is 0 Å². The molecule has 1 atom stereocenters. The third-order valence-corrected chi connectivity index (χ3v) is 5.75. The van der Waals surface area contributed by atoms with Gasteiger partial charge in [-0.25, -0.2) is 4.98 Å². The second-order valence-corrected chi connectivity index (χ2v) is 6.90. The topological polar surface area (TPSA) is 24.9 Å². The largest absolute Gasteiger partial charge is 0.315 e. The van der Waals surface area contributed by atoms with Crippen molar-refractivity contribution in [1.82, 2.24) is 10.3 Å². The van der Waals surface area contributed by atoms with Gasteiger partial charge < -0.3 is 5.32 Å². The highest BCUT2D eigenvalue weighted by Crippen LogP contribution is 2.42. The summed E-state index contributed by atoms with van der Waals surface area (Å²) in [5, 5.41) is 5.39. The highest BCUT2D eigenvalue weighted by molar-refractivity contribution is 7.99. The molecule has 0 spiro atoms. The van der Waals surface area contributed by atoms with E-state index in [4.69, 9.17) is 4.98 Å². The Kier molecular flexibility index (Phi) is 2.75. The van der Waals surface area contributed by atoms with Crippen LogP contribution in [-0.2, 0) is 0 Å². The van der Waals surface area contributed by atoms with Gasteiger partial charge in [-0.05, 0) is 25.5 Å². The molecule has 2 saturated heterocycles. The summed E-state index contributed by atoms with van der Waals surface area (Å²) in [6.07, 6.45) is 2.70.